The highest BCUT2D eigenvalue weighted by Crippen LogP contribution is 2.38. The molecule has 1 aromatic carbocycles. The molecule has 29 heavy (non-hydrogen) atoms. The zero-order chi connectivity index (χ0) is 19.6. The van der Waals surface area contributed by atoms with Crippen LogP contribution in [-0.4, -0.2) is 53.6 Å². The normalized spacial score (nSPS) is 19.8. The molecular weight excluding hydrogens is 378 g/mol. The van der Waals surface area contributed by atoms with Gasteiger partial charge in [0.05, 0.1) is 5.39 Å². The van der Waals surface area contributed by atoms with Gasteiger partial charge in [-0.15, -0.1) is 11.3 Å². The van der Waals surface area contributed by atoms with E-state index in [4.69, 9.17) is 10.7 Å². The lowest BCUT2D eigenvalue weighted by atomic mass is 9.94. The lowest BCUT2D eigenvalue weighted by Gasteiger charge is -2.37. The van der Waals surface area contributed by atoms with E-state index < -0.39 is 0 Å². The number of piperidine rings is 2. The number of rotatable bonds is 4. The Morgan fingerprint density at radius 3 is 2.48 bits per heavy atom. The van der Waals surface area contributed by atoms with Crippen LogP contribution in [0.5, 0.6) is 0 Å². The van der Waals surface area contributed by atoms with Crippen LogP contribution in [0.2, 0.25) is 0 Å². The number of nitrogens with zero attached hydrogens (tertiary/aromatic N) is 4. The third kappa shape index (κ3) is 4.02. The van der Waals surface area contributed by atoms with E-state index in [-0.39, 0.29) is 0 Å². The summed E-state index contributed by atoms with van der Waals surface area (Å²) in [6.45, 7) is 5.72. The predicted molar refractivity (Wildman–Crippen MR) is 121 cm³/mol. The molecule has 0 atom stereocenters. The first kappa shape index (κ1) is 19.0. The standard InChI is InChI=1S/C23H29N5S/c24-19-8-10-27(11-9-19)14-17-6-12-28(13-7-17)22-21-20(18-4-2-1-3-5-18)15-29-23(21)26-16-25-22/h1-5,15-17,19H,6-14,24H2. The molecule has 0 amide bonds. The van der Waals surface area contributed by atoms with Crippen LogP contribution in [-0.2, 0) is 0 Å². The maximum absolute atomic E-state index is 6.06. The van der Waals surface area contributed by atoms with Crippen molar-refractivity contribution in [2.75, 3.05) is 37.6 Å². The first-order valence-corrected chi connectivity index (χ1v) is 11.7. The third-order valence-corrected chi connectivity index (χ3v) is 7.38. The van der Waals surface area contributed by atoms with Crippen molar-refractivity contribution in [2.45, 2.75) is 31.7 Å². The third-order valence-electron chi connectivity index (χ3n) is 6.50. The van der Waals surface area contributed by atoms with E-state index in [0.29, 0.717) is 6.04 Å². The molecule has 0 aliphatic carbocycles. The second kappa shape index (κ2) is 8.38. The first-order chi connectivity index (χ1) is 14.3. The van der Waals surface area contributed by atoms with Gasteiger partial charge in [0.15, 0.2) is 0 Å². The molecule has 5 rings (SSSR count). The fraction of sp³-hybridized carbons (Fsp3) is 0.478. The van der Waals surface area contributed by atoms with E-state index in [9.17, 15) is 0 Å². The van der Waals surface area contributed by atoms with Gasteiger partial charge in [-0.3, -0.25) is 0 Å². The number of hydrogen-bond donors (Lipinski definition) is 1. The van der Waals surface area contributed by atoms with Gasteiger partial charge in [0.25, 0.3) is 0 Å². The summed E-state index contributed by atoms with van der Waals surface area (Å²) >= 11 is 1.72. The summed E-state index contributed by atoms with van der Waals surface area (Å²) in [5.74, 6) is 1.89. The molecule has 2 fully saturated rings. The molecule has 152 valence electrons. The van der Waals surface area contributed by atoms with Crippen molar-refractivity contribution in [1.29, 1.82) is 0 Å². The van der Waals surface area contributed by atoms with Crippen molar-refractivity contribution in [1.82, 2.24) is 14.9 Å². The maximum Gasteiger partial charge on any atom is 0.141 e. The molecule has 2 aliphatic rings. The summed E-state index contributed by atoms with van der Waals surface area (Å²) in [4.78, 5) is 15.5. The molecule has 2 aliphatic heterocycles. The zero-order valence-corrected chi connectivity index (χ0v) is 17.7. The van der Waals surface area contributed by atoms with E-state index >= 15 is 0 Å². The van der Waals surface area contributed by atoms with Gasteiger partial charge in [-0.1, -0.05) is 30.3 Å². The van der Waals surface area contributed by atoms with Crippen molar-refractivity contribution in [3.63, 3.8) is 0 Å². The summed E-state index contributed by atoms with van der Waals surface area (Å²) in [5.41, 5.74) is 8.56. The molecule has 2 saturated heterocycles. The summed E-state index contributed by atoms with van der Waals surface area (Å²) in [6, 6.07) is 11.0. The second-order valence-corrected chi connectivity index (χ2v) is 9.32. The van der Waals surface area contributed by atoms with Crippen LogP contribution < -0.4 is 10.6 Å². The van der Waals surface area contributed by atoms with Gasteiger partial charge in [-0.05, 0) is 50.3 Å². The van der Waals surface area contributed by atoms with Gasteiger partial charge in [0, 0.05) is 36.6 Å². The monoisotopic (exact) mass is 407 g/mol. The molecule has 0 spiro atoms. The van der Waals surface area contributed by atoms with Crippen LogP contribution in [0.1, 0.15) is 25.7 Å². The molecule has 2 N–H and O–H groups in total. The summed E-state index contributed by atoms with van der Waals surface area (Å²) in [5, 5.41) is 3.44. The average molecular weight is 408 g/mol. The van der Waals surface area contributed by atoms with Gasteiger partial charge < -0.3 is 15.5 Å². The smallest absolute Gasteiger partial charge is 0.141 e. The quantitative estimate of drug-likeness (QED) is 0.708. The lowest BCUT2D eigenvalue weighted by molar-refractivity contribution is 0.171. The fourth-order valence-electron chi connectivity index (χ4n) is 4.76. The molecule has 6 heteroatoms. The van der Waals surface area contributed by atoms with E-state index in [2.05, 4.69) is 50.5 Å². The highest BCUT2D eigenvalue weighted by atomic mass is 32.1. The summed E-state index contributed by atoms with van der Waals surface area (Å²) in [6.07, 6.45) is 6.50. The van der Waals surface area contributed by atoms with Crippen molar-refractivity contribution >= 4 is 27.4 Å². The van der Waals surface area contributed by atoms with Crippen LogP contribution in [0.15, 0.2) is 42.0 Å². The minimum Gasteiger partial charge on any atom is -0.356 e. The number of fused-ring (bicyclic) bond motifs is 1. The fourth-order valence-corrected chi connectivity index (χ4v) is 5.67. The molecule has 4 heterocycles. The Morgan fingerprint density at radius 2 is 1.72 bits per heavy atom. The zero-order valence-electron chi connectivity index (χ0n) is 16.8. The number of hydrogen-bond acceptors (Lipinski definition) is 6. The number of nitrogens with two attached hydrogens (primary N) is 1. The maximum atomic E-state index is 6.06. The van der Waals surface area contributed by atoms with E-state index in [1.807, 2.05) is 0 Å². The largest absolute Gasteiger partial charge is 0.356 e. The average Bonchev–Trinajstić information content (AvgIpc) is 3.21. The Kier molecular flexibility index (Phi) is 5.48. The van der Waals surface area contributed by atoms with Crippen LogP contribution in [0.4, 0.5) is 5.82 Å². The van der Waals surface area contributed by atoms with Gasteiger partial charge in [-0.2, -0.15) is 0 Å². The lowest BCUT2D eigenvalue weighted by Crippen LogP contribution is -2.44. The molecule has 5 nitrogen and oxygen atoms in total. The molecule has 2 aromatic heterocycles. The van der Waals surface area contributed by atoms with Crippen molar-refractivity contribution in [3.05, 3.63) is 42.0 Å². The van der Waals surface area contributed by atoms with E-state index in [1.165, 1.54) is 49.0 Å². The number of likely N-dealkylation sites (tertiary alicyclic amines) is 1. The van der Waals surface area contributed by atoms with Gasteiger partial charge >= 0.3 is 0 Å². The Morgan fingerprint density at radius 1 is 0.966 bits per heavy atom. The van der Waals surface area contributed by atoms with Crippen molar-refractivity contribution in [3.8, 4) is 11.1 Å². The molecule has 3 aromatic rings. The second-order valence-electron chi connectivity index (χ2n) is 8.46. The Hall–Kier alpha value is -2.02. The Balaban J connectivity index is 1.31. The SMILES string of the molecule is NC1CCN(CC2CCN(c3ncnc4scc(-c5ccccc5)c34)CC2)CC1. The topological polar surface area (TPSA) is 58.3 Å². The number of thiophene rings is 1. The Bertz CT molecular complexity index is 940. The molecular formula is C23H29N5S. The van der Waals surface area contributed by atoms with E-state index in [1.54, 1.807) is 17.7 Å². The number of aromatic nitrogens is 2. The minimum atomic E-state index is 0.415. The van der Waals surface area contributed by atoms with Crippen molar-refractivity contribution < 1.29 is 0 Å². The minimum absolute atomic E-state index is 0.415. The van der Waals surface area contributed by atoms with Crippen molar-refractivity contribution in [2.24, 2.45) is 11.7 Å². The van der Waals surface area contributed by atoms with E-state index in [0.717, 1.165) is 42.5 Å². The highest BCUT2D eigenvalue weighted by molar-refractivity contribution is 7.17. The number of benzene rings is 1. The molecule has 0 saturated carbocycles. The van der Waals surface area contributed by atoms with Gasteiger partial charge in [0.1, 0.15) is 17.0 Å². The summed E-state index contributed by atoms with van der Waals surface area (Å²) < 4.78 is 0. The highest BCUT2D eigenvalue weighted by Gasteiger charge is 2.26. The number of anilines is 1. The van der Waals surface area contributed by atoms with Crippen LogP contribution >= 0.6 is 11.3 Å². The Labute approximate surface area is 176 Å². The molecule has 0 unspecified atom stereocenters. The molecule has 0 radical (unpaired) electrons. The summed E-state index contributed by atoms with van der Waals surface area (Å²) in [7, 11) is 0. The van der Waals surface area contributed by atoms with Gasteiger partial charge in [0.2, 0.25) is 0 Å². The predicted octanol–water partition coefficient (Wildman–Crippen LogP) is 4.00. The first-order valence-electron chi connectivity index (χ1n) is 10.8. The van der Waals surface area contributed by atoms with Crippen LogP contribution in [0.3, 0.4) is 0 Å². The van der Waals surface area contributed by atoms with Crippen LogP contribution in [0.25, 0.3) is 21.3 Å². The van der Waals surface area contributed by atoms with Crippen LogP contribution in [0, 0.1) is 5.92 Å². The van der Waals surface area contributed by atoms with Gasteiger partial charge in [-0.25, -0.2) is 9.97 Å². The molecule has 0 bridgehead atoms.